The third-order valence-electron chi connectivity index (χ3n) is 3.23. The lowest BCUT2D eigenvalue weighted by atomic mass is 9.99. The van der Waals surface area contributed by atoms with E-state index in [0.717, 1.165) is 6.42 Å². The number of aliphatic hydroxyl groups is 1. The van der Waals surface area contributed by atoms with Crippen molar-refractivity contribution in [1.29, 1.82) is 0 Å². The minimum absolute atomic E-state index is 0.0541. The van der Waals surface area contributed by atoms with Gasteiger partial charge in [0.15, 0.2) is 0 Å². The van der Waals surface area contributed by atoms with Gasteiger partial charge in [-0.3, -0.25) is 0 Å². The van der Waals surface area contributed by atoms with Gasteiger partial charge in [-0.05, 0) is 43.9 Å². The molecule has 2 atom stereocenters. The molecule has 96 valence electrons. The molecular weight excluding hydrogens is 212 g/mol. The predicted octanol–water partition coefficient (Wildman–Crippen LogP) is 3.02. The molecule has 17 heavy (non-hydrogen) atoms. The Labute approximate surface area is 105 Å². The highest BCUT2D eigenvalue weighted by molar-refractivity contribution is 5.30. The van der Waals surface area contributed by atoms with Crippen molar-refractivity contribution in [3.63, 3.8) is 0 Å². The highest BCUT2D eigenvalue weighted by Crippen LogP contribution is 2.15. The first-order valence-corrected chi connectivity index (χ1v) is 6.44. The number of hydrogen-bond donors (Lipinski definition) is 1. The Morgan fingerprint density at radius 2 is 1.88 bits per heavy atom. The lowest BCUT2D eigenvalue weighted by Crippen LogP contribution is -2.30. The second kappa shape index (κ2) is 6.77. The lowest BCUT2D eigenvalue weighted by Gasteiger charge is -2.21. The Morgan fingerprint density at radius 3 is 2.41 bits per heavy atom. The number of aryl methyl sites for hydroxylation is 2. The second-order valence-corrected chi connectivity index (χ2v) is 4.59. The molecule has 2 heteroatoms. The van der Waals surface area contributed by atoms with Gasteiger partial charge in [0, 0.05) is 13.0 Å². The molecule has 0 fully saturated rings. The SMILES string of the molecule is CCOC(CC)C(O)Cc1ccc(C)c(C)c1. The van der Waals surface area contributed by atoms with Gasteiger partial charge in [0.2, 0.25) is 0 Å². The van der Waals surface area contributed by atoms with Gasteiger partial charge in [0.05, 0.1) is 12.2 Å². The van der Waals surface area contributed by atoms with E-state index in [1.165, 1.54) is 16.7 Å². The largest absolute Gasteiger partial charge is 0.390 e. The molecule has 1 aromatic rings. The number of hydrogen-bond acceptors (Lipinski definition) is 2. The fraction of sp³-hybridized carbons (Fsp3) is 0.600. The molecule has 0 saturated heterocycles. The molecule has 0 saturated carbocycles. The highest BCUT2D eigenvalue weighted by atomic mass is 16.5. The maximum absolute atomic E-state index is 10.1. The van der Waals surface area contributed by atoms with E-state index in [0.29, 0.717) is 13.0 Å². The van der Waals surface area contributed by atoms with Crippen molar-refractivity contribution in [3.8, 4) is 0 Å². The first-order valence-electron chi connectivity index (χ1n) is 6.44. The van der Waals surface area contributed by atoms with Crippen molar-refractivity contribution in [2.24, 2.45) is 0 Å². The Bertz CT molecular complexity index is 347. The summed E-state index contributed by atoms with van der Waals surface area (Å²) in [7, 11) is 0. The minimum atomic E-state index is -0.415. The van der Waals surface area contributed by atoms with Crippen LogP contribution in [0.25, 0.3) is 0 Å². The Kier molecular flexibility index (Phi) is 5.66. The van der Waals surface area contributed by atoms with E-state index in [-0.39, 0.29) is 6.10 Å². The van der Waals surface area contributed by atoms with E-state index < -0.39 is 6.10 Å². The fourth-order valence-electron chi connectivity index (χ4n) is 2.02. The fourth-order valence-corrected chi connectivity index (χ4v) is 2.02. The molecule has 0 bridgehead atoms. The van der Waals surface area contributed by atoms with E-state index in [9.17, 15) is 5.11 Å². The van der Waals surface area contributed by atoms with Gasteiger partial charge < -0.3 is 9.84 Å². The summed E-state index contributed by atoms with van der Waals surface area (Å²) >= 11 is 0. The molecule has 1 rings (SSSR count). The predicted molar refractivity (Wildman–Crippen MR) is 71.3 cm³/mol. The van der Waals surface area contributed by atoms with Crippen LogP contribution >= 0.6 is 0 Å². The second-order valence-electron chi connectivity index (χ2n) is 4.59. The van der Waals surface area contributed by atoms with Gasteiger partial charge in [-0.15, -0.1) is 0 Å². The monoisotopic (exact) mass is 236 g/mol. The summed E-state index contributed by atoms with van der Waals surface area (Å²) in [5.41, 5.74) is 3.75. The molecule has 1 N–H and O–H groups in total. The molecule has 0 heterocycles. The van der Waals surface area contributed by atoms with Crippen molar-refractivity contribution < 1.29 is 9.84 Å². The summed E-state index contributed by atoms with van der Waals surface area (Å²) in [6, 6.07) is 6.35. The molecule has 0 amide bonds. The Hall–Kier alpha value is -0.860. The summed E-state index contributed by atoms with van der Waals surface area (Å²) in [6.45, 7) is 8.87. The van der Waals surface area contributed by atoms with Crippen molar-refractivity contribution in [1.82, 2.24) is 0 Å². The maximum Gasteiger partial charge on any atom is 0.0841 e. The summed E-state index contributed by atoms with van der Waals surface area (Å²) < 4.78 is 5.53. The van der Waals surface area contributed by atoms with Gasteiger partial charge in [0.25, 0.3) is 0 Å². The third kappa shape index (κ3) is 4.14. The van der Waals surface area contributed by atoms with Gasteiger partial charge in [-0.2, -0.15) is 0 Å². The zero-order chi connectivity index (χ0) is 12.8. The number of rotatable bonds is 6. The van der Waals surface area contributed by atoms with Crippen LogP contribution in [0, 0.1) is 13.8 Å². The molecule has 0 aliphatic rings. The standard InChI is InChI=1S/C15H24O2/c1-5-15(17-6-2)14(16)10-13-8-7-11(3)12(4)9-13/h7-9,14-16H,5-6,10H2,1-4H3. The molecule has 0 aromatic heterocycles. The molecular formula is C15H24O2. The van der Waals surface area contributed by atoms with Crippen LogP contribution in [0.15, 0.2) is 18.2 Å². The van der Waals surface area contributed by atoms with E-state index in [1.54, 1.807) is 0 Å². The van der Waals surface area contributed by atoms with Crippen LogP contribution in [0.3, 0.4) is 0 Å². The van der Waals surface area contributed by atoms with E-state index in [2.05, 4.69) is 32.0 Å². The average molecular weight is 236 g/mol. The topological polar surface area (TPSA) is 29.5 Å². The van der Waals surface area contributed by atoms with E-state index in [4.69, 9.17) is 4.74 Å². The lowest BCUT2D eigenvalue weighted by molar-refractivity contribution is -0.0334. The molecule has 1 aromatic carbocycles. The molecule has 0 aliphatic carbocycles. The van der Waals surface area contributed by atoms with Crippen LogP contribution in [0.4, 0.5) is 0 Å². The molecule has 0 radical (unpaired) electrons. The summed E-state index contributed by atoms with van der Waals surface area (Å²) in [5.74, 6) is 0. The first-order chi connectivity index (χ1) is 8.08. The number of benzene rings is 1. The van der Waals surface area contributed by atoms with Crippen molar-refractivity contribution in [2.75, 3.05) is 6.61 Å². The van der Waals surface area contributed by atoms with Gasteiger partial charge >= 0.3 is 0 Å². The van der Waals surface area contributed by atoms with E-state index in [1.807, 2.05) is 13.8 Å². The van der Waals surface area contributed by atoms with E-state index >= 15 is 0 Å². The Balaban J connectivity index is 2.66. The zero-order valence-electron chi connectivity index (χ0n) is 11.4. The van der Waals surface area contributed by atoms with Crippen LogP contribution in [0.5, 0.6) is 0 Å². The summed E-state index contributed by atoms with van der Waals surface area (Å²) in [5, 5.41) is 10.1. The van der Waals surface area contributed by atoms with Gasteiger partial charge in [-0.1, -0.05) is 25.1 Å². The van der Waals surface area contributed by atoms with Gasteiger partial charge in [0.1, 0.15) is 0 Å². The summed E-state index contributed by atoms with van der Waals surface area (Å²) in [6.07, 6.45) is 1.04. The third-order valence-corrected chi connectivity index (χ3v) is 3.23. The summed E-state index contributed by atoms with van der Waals surface area (Å²) in [4.78, 5) is 0. The Morgan fingerprint density at radius 1 is 1.18 bits per heavy atom. The minimum Gasteiger partial charge on any atom is -0.390 e. The highest BCUT2D eigenvalue weighted by Gasteiger charge is 2.17. The average Bonchev–Trinajstić information content (AvgIpc) is 2.30. The number of ether oxygens (including phenoxy) is 1. The van der Waals surface area contributed by atoms with Crippen molar-refractivity contribution >= 4 is 0 Å². The number of aliphatic hydroxyl groups excluding tert-OH is 1. The van der Waals surface area contributed by atoms with Crippen LogP contribution in [0.1, 0.15) is 37.0 Å². The smallest absolute Gasteiger partial charge is 0.0841 e. The van der Waals surface area contributed by atoms with Crippen LogP contribution in [0.2, 0.25) is 0 Å². The molecule has 0 spiro atoms. The van der Waals surface area contributed by atoms with Crippen LogP contribution in [-0.4, -0.2) is 23.9 Å². The molecule has 2 nitrogen and oxygen atoms in total. The van der Waals surface area contributed by atoms with Gasteiger partial charge in [-0.25, -0.2) is 0 Å². The first kappa shape index (κ1) is 14.2. The van der Waals surface area contributed by atoms with Crippen LogP contribution < -0.4 is 0 Å². The van der Waals surface area contributed by atoms with Crippen molar-refractivity contribution in [3.05, 3.63) is 34.9 Å². The zero-order valence-corrected chi connectivity index (χ0v) is 11.4. The quantitative estimate of drug-likeness (QED) is 0.822. The normalized spacial score (nSPS) is 14.6. The van der Waals surface area contributed by atoms with Crippen LogP contribution in [-0.2, 0) is 11.2 Å². The molecule has 0 aliphatic heterocycles. The van der Waals surface area contributed by atoms with Crippen molar-refractivity contribution in [2.45, 2.75) is 52.7 Å². The molecule has 2 unspecified atom stereocenters. The maximum atomic E-state index is 10.1.